The van der Waals surface area contributed by atoms with E-state index >= 15 is 19.2 Å². The Balaban J connectivity index is 1.04. The predicted octanol–water partition coefficient (Wildman–Crippen LogP) is 25.3. The number of benzene rings is 4. The van der Waals surface area contributed by atoms with E-state index in [1.54, 1.807) is 38.7 Å². The lowest BCUT2D eigenvalue weighted by Gasteiger charge is -2.33. The summed E-state index contributed by atoms with van der Waals surface area (Å²) in [5.41, 5.74) is 4.70. The second-order valence-electron chi connectivity index (χ2n) is 27.9. The molecular weight excluding hydrogens is 1140 g/mol. The van der Waals surface area contributed by atoms with Crippen LogP contribution >= 0.6 is 22.7 Å². The molecule has 2 aliphatic heterocycles. The number of unbranched alkanes of at least 4 members (excludes halogenated alkanes) is 32. The SMILES string of the molecule is CCCCCCCCCCCCC(CCCCCCCCCC)CN1C(=O)c2ccc3c4c(C)cc5c6c(cnc(c7c(-c8ccc(-c9ccc(C)s9)s8)cc(c2c37)C1=O)c64)C(=O)N(CC(CCCCCCCCCC)CCCCCCCCCCCC)C5=O. The van der Waals surface area contributed by atoms with E-state index in [9.17, 15) is 0 Å². The van der Waals surface area contributed by atoms with Crippen molar-refractivity contribution in [1.82, 2.24) is 14.8 Å². The van der Waals surface area contributed by atoms with E-state index in [0.717, 1.165) is 99.2 Å². The summed E-state index contributed by atoms with van der Waals surface area (Å²) in [6.07, 6.45) is 51.6. The number of imide groups is 2. The fraction of sp³-hybridized carbons (Fsp3) is 0.617. The molecule has 7 aromatic rings. The zero-order chi connectivity index (χ0) is 63.2. The summed E-state index contributed by atoms with van der Waals surface area (Å²) in [5, 5.41) is 5.76. The van der Waals surface area contributed by atoms with Crippen molar-refractivity contribution in [3.05, 3.63) is 87.4 Å². The summed E-state index contributed by atoms with van der Waals surface area (Å²) in [7, 11) is 0. The number of aromatic nitrogens is 1. The smallest absolute Gasteiger partial charge is 0.262 e. The molecule has 488 valence electrons. The largest absolute Gasteiger partial charge is 0.274 e. The summed E-state index contributed by atoms with van der Waals surface area (Å²) < 4.78 is 0. The molecule has 0 fully saturated rings. The molecule has 90 heavy (non-hydrogen) atoms. The number of pyridine rings is 1. The Kier molecular flexibility index (Phi) is 27.7. The lowest BCUT2D eigenvalue weighted by molar-refractivity contribution is 0.0562. The van der Waals surface area contributed by atoms with E-state index < -0.39 is 0 Å². The number of carbonyl (C=O) groups is 4. The molecule has 0 saturated heterocycles. The molecule has 4 aromatic carbocycles. The monoisotopic (exact) mass is 1260 g/mol. The Morgan fingerprint density at radius 1 is 0.344 bits per heavy atom. The molecular formula is C81H113N3O4S2. The molecule has 9 heteroatoms. The zero-order valence-electron chi connectivity index (χ0n) is 56.8. The van der Waals surface area contributed by atoms with Crippen LogP contribution in [0.25, 0.3) is 63.4 Å². The molecule has 9 rings (SSSR count). The van der Waals surface area contributed by atoms with Gasteiger partial charge >= 0.3 is 0 Å². The van der Waals surface area contributed by atoms with E-state index in [0.29, 0.717) is 51.6 Å². The average molecular weight is 1260 g/mol. The van der Waals surface area contributed by atoms with Crippen LogP contribution in [-0.2, 0) is 0 Å². The van der Waals surface area contributed by atoms with Gasteiger partial charge in [-0.05, 0) is 110 Å². The number of amides is 4. The van der Waals surface area contributed by atoms with Gasteiger partial charge in [-0.3, -0.25) is 34.0 Å². The third-order valence-corrected chi connectivity index (χ3v) is 23.0. The second-order valence-corrected chi connectivity index (χ2v) is 30.2. The Hall–Kier alpha value is -4.99. The van der Waals surface area contributed by atoms with Gasteiger partial charge in [-0.2, -0.15) is 0 Å². The number of hydrogen-bond acceptors (Lipinski definition) is 7. The van der Waals surface area contributed by atoms with Crippen molar-refractivity contribution in [3.8, 4) is 20.2 Å². The first-order valence-corrected chi connectivity index (χ1v) is 38.7. The first kappa shape index (κ1) is 69.4. The second kappa shape index (κ2) is 35.9. The molecule has 0 N–H and O–H groups in total. The fourth-order valence-electron chi connectivity index (χ4n) is 15.4. The van der Waals surface area contributed by atoms with E-state index in [-0.39, 0.29) is 35.5 Å². The molecule has 2 unspecified atom stereocenters. The van der Waals surface area contributed by atoms with Crippen LogP contribution in [0.15, 0.2) is 54.7 Å². The lowest BCUT2D eigenvalue weighted by atomic mass is 9.80. The van der Waals surface area contributed by atoms with Crippen molar-refractivity contribution in [2.45, 2.75) is 298 Å². The maximum atomic E-state index is 15.6. The van der Waals surface area contributed by atoms with Gasteiger partial charge in [0.1, 0.15) is 0 Å². The highest BCUT2D eigenvalue weighted by molar-refractivity contribution is 7.24. The minimum Gasteiger partial charge on any atom is -0.274 e. The number of hydrogen-bond donors (Lipinski definition) is 0. The molecule has 4 amide bonds. The predicted molar refractivity (Wildman–Crippen MR) is 387 cm³/mol. The van der Waals surface area contributed by atoms with Crippen LogP contribution in [0.4, 0.5) is 0 Å². The van der Waals surface area contributed by atoms with Crippen LogP contribution in [0.5, 0.6) is 0 Å². The van der Waals surface area contributed by atoms with Gasteiger partial charge in [-0.1, -0.05) is 265 Å². The van der Waals surface area contributed by atoms with Gasteiger partial charge < -0.3 is 0 Å². The molecule has 0 spiro atoms. The van der Waals surface area contributed by atoms with Gasteiger partial charge in [0.15, 0.2) is 0 Å². The first-order valence-electron chi connectivity index (χ1n) is 37.1. The summed E-state index contributed by atoms with van der Waals surface area (Å²) in [6, 6.07) is 16.9. The standard InChI is InChI=1S/C81H113N3O4S2/c1-7-11-15-19-23-27-29-33-37-41-44-60(43-39-35-31-25-21-17-13-9-3)56-83-78(85)63-49-48-62-71-58(5)53-65-73-67(81(88)84(79(65)86)57-61(45-40-36-32-26-22-18-14-10-4)46-42-38-34-30-28-24-20-16-12-8-2)55-82-77(76(71)73)75-64(54-66(80(83)87)72(63)74(62)75)68-51-52-70(90-68)69-50-47-59(6)89-69/h47-55,60-61H,7-46,56-57H2,1-6H3. The van der Waals surface area contributed by atoms with Crippen LogP contribution in [0.1, 0.15) is 336 Å². The van der Waals surface area contributed by atoms with Gasteiger partial charge in [-0.15, -0.1) is 22.7 Å². The highest BCUT2D eigenvalue weighted by Crippen LogP contribution is 2.51. The fourth-order valence-corrected chi connectivity index (χ4v) is 17.4. The molecule has 2 atom stereocenters. The van der Waals surface area contributed by atoms with Gasteiger partial charge in [0.05, 0.1) is 11.1 Å². The van der Waals surface area contributed by atoms with Crippen LogP contribution in [0.3, 0.4) is 0 Å². The summed E-state index contributed by atoms with van der Waals surface area (Å²) in [6.45, 7) is 14.2. The van der Waals surface area contributed by atoms with Crippen molar-refractivity contribution in [2.24, 2.45) is 11.8 Å². The Morgan fingerprint density at radius 3 is 1.17 bits per heavy atom. The normalized spacial score (nSPS) is 14.2. The summed E-state index contributed by atoms with van der Waals surface area (Å²) in [5.74, 6) is -0.401. The van der Waals surface area contributed by atoms with Gasteiger partial charge in [0, 0.05) is 88.0 Å². The summed E-state index contributed by atoms with van der Waals surface area (Å²) in [4.78, 5) is 74.8. The molecule has 0 radical (unpaired) electrons. The average Bonchev–Trinajstić information content (AvgIpc) is 0.738. The minimum absolute atomic E-state index is 0.209. The van der Waals surface area contributed by atoms with E-state index in [4.69, 9.17) is 4.98 Å². The molecule has 5 heterocycles. The van der Waals surface area contributed by atoms with Crippen LogP contribution in [-0.4, -0.2) is 51.5 Å². The van der Waals surface area contributed by atoms with E-state index in [1.807, 2.05) is 12.1 Å². The highest BCUT2D eigenvalue weighted by Gasteiger charge is 2.40. The van der Waals surface area contributed by atoms with Crippen molar-refractivity contribution in [1.29, 1.82) is 0 Å². The lowest BCUT2D eigenvalue weighted by Crippen LogP contribution is -2.43. The number of nitrogens with zero attached hydrogens (tertiary/aromatic N) is 3. The highest BCUT2D eigenvalue weighted by atomic mass is 32.1. The minimum atomic E-state index is -0.249. The zero-order valence-corrected chi connectivity index (χ0v) is 58.5. The third kappa shape index (κ3) is 17.4. The van der Waals surface area contributed by atoms with E-state index in [2.05, 4.69) is 77.9 Å². The van der Waals surface area contributed by atoms with Crippen molar-refractivity contribution in [2.75, 3.05) is 13.1 Å². The quantitative estimate of drug-likeness (QED) is 0.0164. The van der Waals surface area contributed by atoms with Crippen LogP contribution in [0, 0.1) is 25.7 Å². The number of thiophene rings is 2. The van der Waals surface area contributed by atoms with E-state index in [1.165, 1.54) is 215 Å². The Morgan fingerprint density at radius 2 is 0.722 bits per heavy atom. The van der Waals surface area contributed by atoms with Crippen LogP contribution in [0.2, 0.25) is 0 Å². The number of aryl methyl sites for hydroxylation is 2. The van der Waals surface area contributed by atoms with Crippen molar-refractivity contribution < 1.29 is 19.2 Å². The topological polar surface area (TPSA) is 87.7 Å². The summed E-state index contributed by atoms with van der Waals surface area (Å²) >= 11 is 3.50. The maximum absolute atomic E-state index is 15.6. The molecule has 7 nitrogen and oxygen atoms in total. The third-order valence-electron chi connectivity index (χ3n) is 20.6. The molecule has 0 aliphatic carbocycles. The Labute approximate surface area is 551 Å². The number of rotatable bonds is 46. The molecule has 0 saturated carbocycles. The number of fused-ring (bicyclic) bond motifs is 2. The van der Waals surface area contributed by atoms with Crippen molar-refractivity contribution in [3.63, 3.8) is 0 Å². The van der Waals surface area contributed by atoms with Crippen LogP contribution < -0.4 is 0 Å². The number of carbonyl (C=O) groups excluding carboxylic acids is 4. The van der Waals surface area contributed by atoms with Gasteiger partial charge in [-0.25, -0.2) is 0 Å². The van der Waals surface area contributed by atoms with Gasteiger partial charge in [0.2, 0.25) is 0 Å². The molecule has 3 aromatic heterocycles. The molecule has 2 aliphatic rings. The maximum Gasteiger partial charge on any atom is 0.262 e. The van der Waals surface area contributed by atoms with Gasteiger partial charge in [0.25, 0.3) is 23.6 Å². The Bertz CT molecular complexity index is 3420. The van der Waals surface area contributed by atoms with Crippen molar-refractivity contribution >= 4 is 89.5 Å². The molecule has 0 bridgehead atoms. The first-order chi connectivity index (χ1) is 44.1.